The van der Waals surface area contributed by atoms with Crippen LogP contribution in [0.15, 0.2) is 91.0 Å². The molecule has 5 aromatic rings. The van der Waals surface area contributed by atoms with Crippen LogP contribution in [0.5, 0.6) is 5.75 Å². The second-order valence-electron chi connectivity index (χ2n) is 8.30. The number of halogens is 3. The van der Waals surface area contributed by atoms with Crippen LogP contribution in [0.2, 0.25) is 0 Å². The van der Waals surface area contributed by atoms with E-state index in [1.165, 1.54) is 6.07 Å². The Hall–Kier alpha value is -4.26. The highest BCUT2D eigenvalue weighted by atomic mass is 19.4. The average molecular weight is 474 g/mol. The standard InChI is InChI=1S/C28H21F3N2O2/c29-28(30,31)20-12-13-22-25(15-20)33(24-11-5-10-23(26(22)24)27(32)34)16-19-8-4-9-21(14-19)35-17-18-6-2-1-3-7-18/h1-15H,16-17H2,(H2,32,34). The molecule has 1 aromatic heterocycles. The SMILES string of the molecule is NC(=O)c1cccc2c1c1ccc(C(F)(F)F)cc1n2Cc1cccc(OCc2ccccc2)c1. The first-order valence-corrected chi connectivity index (χ1v) is 11.0. The van der Waals surface area contributed by atoms with Crippen LogP contribution in [-0.4, -0.2) is 10.5 Å². The second kappa shape index (κ2) is 8.83. The molecule has 1 amide bonds. The lowest BCUT2D eigenvalue weighted by Crippen LogP contribution is -2.11. The van der Waals surface area contributed by atoms with Gasteiger partial charge in [-0.25, -0.2) is 0 Å². The molecule has 0 radical (unpaired) electrons. The molecule has 176 valence electrons. The van der Waals surface area contributed by atoms with Crippen molar-refractivity contribution in [3.63, 3.8) is 0 Å². The number of hydrogen-bond donors (Lipinski definition) is 1. The Bertz CT molecular complexity index is 1540. The van der Waals surface area contributed by atoms with Crippen LogP contribution in [0.3, 0.4) is 0 Å². The van der Waals surface area contributed by atoms with Gasteiger partial charge >= 0.3 is 6.18 Å². The summed E-state index contributed by atoms with van der Waals surface area (Å²) in [6.45, 7) is 0.683. The predicted octanol–water partition coefficient (Wildman–Crippen LogP) is 6.54. The summed E-state index contributed by atoms with van der Waals surface area (Å²) >= 11 is 0. The molecule has 0 aliphatic carbocycles. The lowest BCUT2D eigenvalue weighted by Gasteiger charge is -2.12. The van der Waals surface area contributed by atoms with Crippen molar-refractivity contribution in [2.24, 2.45) is 5.73 Å². The van der Waals surface area contributed by atoms with E-state index in [1.54, 1.807) is 22.8 Å². The van der Waals surface area contributed by atoms with Crippen molar-refractivity contribution in [2.75, 3.05) is 0 Å². The van der Waals surface area contributed by atoms with Gasteiger partial charge in [-0.05, 0) is 47.5 Å². The molecule has 0 atom stereocenters. The molecule has 35 heavy (non-hydrogen) atoms. The van der Waals surface area contributed by atoms with E-state index in [0.717, 1.165) is 23.3 Å². The van der Waals surface area contributed by atoms with Crippen LogP contribution in [-0.2, 0) is 19.3 Å². The Kier molecular flexibility index (Phi) is 5.68. The molecule has 2 N–H and O–H groups in total. The molecule has 0 saturated carbocycles. The monoisotopic (exact) mass is 474 g/mol. The summed E-state index contributed by atoms with van der Waals surface area (Å²) in [5.74, 6) is 0.0202. The zero-order valence-corrected chi connectivity index (χ0v) is 18.5. The molecule has 0 spiro atoms. The smallest absolute Gasteiger partial charge is 0.416 e. The average Bonchev–Trinajstić information content (AvgIpc) is 3.16. The molecule has 0 bridgehead atoms. The second-order valence-corrected chi connectivity index (χ2v) is 8.30. The van der Waals surface area contributed by atoms with E-state index in [2.05, 4.69) is 0 Å². The van der Waals surface area contributed by atoms with E-state index in [-0.39, 0.29) is 12.1 Å². The van der Waals surface area contributed by atoms with Gasteiger partial charge in [-0.15, -0.1) is 0 Å². The Morgan fingerprint density at radius 1 is 0.829 bits per heavy atom. The van der Waals surface area contributed by atoms with Gasteiger partial charge in [0, 0.05) is 22.9 Å². The van der Waals surface area contributed by atoms with Crippen LogP contribution < -0.4 is 10.5 Å². The first-order valence-electron chi connectivity index (χ1n) is 11.0. The van der Waals surface area contributed by atoms with Crippen LogP contribution in [0.4, 0.5) is 13.2 Å². The molecule has 0 unspecified atom stereocenters. The van der Waals surface area contributed by atoms with Gasteiger partial charge < -0.3 is 15.0 Å². The number of ether oxygens (including phenoxy) is 1. The summed E-state index contributed by atoms with van der Waals surface area (Å²) < 4.78 is 48.2. The lowest BCUT2D eigenvalue weighted by molar-refractivity contribution is -0.137. The normalized spacial score (nSPS) is 11.7. The van der Waals surface area contributed by atoms with Crippen molar-refractivity contribution in [1.29, 1.82) is 0 Å². The molecular formula is C28H21F3N2O2. The quantitative estimate of drug-likeness (QED) is 0.304. The number of hydrogen-bond acceptors (Lipinski definition) is 2. The largest absolute Gasteiger partial charge is 0.489 e. The summed E-state index contributed by atoms with van der Waals surface area (Å²) in [5.41, 5.74) is 7.98. The zero-order chi connectivity index (χ0) is 24.6. The predicted molar refractivity (Wildman–Crippen MR) is 129 cm³/mol. The third kappa shape index (κ3) is 4.45. The summed E-state index contributed by atoms with van der Waals surface area (Å²) in [6.07, 6.45) is -4.49. The minimum Gasteiger partial charge on any atom is -0.489 e. The van der Waals surface area contributed by atoms with E-state index >= 15 is 0 Å². The topological polar surface area (TPSA) is 57.2 Å². The number of rotatable bonds is 6. The fourth-order valence-electron chi connectivity index (χ4n) is 4.35. The highest BCUT2D eigenvalue weighted by Gasteiger charge is 2.31. The molecular weight excluding hydrogens is 453 g/mol. The molecule has 1 heterocycles. The van der Waals surface area contributed by atoms with Gasteiger partial charge in [-0.2, -0.15) is 13.2 Å². The molecule has 0 aliphatic heterocycles. The Balaban J connectivity index is 1.59. The van der Waals surface area contributed by atoms with Crippen molar-refractivity contribution in [2.45, 2.75) is 19.3 Å². The molecule has 0 fully saturated rings. The number of fused-ring (bicyclic) bond motifs is 3. The number of benzene rings is 4. The summed E-state index contributed by atoms with van der Waals surface area (Å²) in [6, 6.07) is 25.8. The molecule has 4 nitrogen and oxygen atoms in total. The fourth-order valence-corrected chi connectivity index (χ4v) is 4.35. The summed E-state index contributed by atoms with van der Waals surface area (Å²) in [5, 5.41) is 1.08. The van der Waals surface area contributed by atoms with E-state index in [9.17, 15) is 18.0 Å². The molecule has 0 saturated heterocycles. The number of nitrogens with zero attached hydrogens (tertiary/aromatic N) is 1. The van der Waals surface area contributed by atoms with Crippen molar-refractivity contribution in [3.8, 4) is 5.75 Å². The maximum Gasteiger partial charge on any atom is 0.416 e. The van der Waals surface area contributed by atoms with Gasteiger partial charge in [0.05, 0.1) is 16.6 Å². The highest BCUT2D eigenvalue weighted by Crippen LogP contribution is 2.37. The molecule has 5 rings (SSSR count). The van der Waals surface area contributed by atoms with E-state index in [4.69, 9.17) is 10.5 Å². The minimum absolute atomic E-state index is 0.269. The highest BCUT2D eigenvalue weighted by molar-refractivity contribution is 6.18. The number of nitrogens with two attached hydrogens (primary N) is 1. The maximum atomic E-state index is 13.5. The van der Waals surface area contributed by atoms with Crippen LogP contribution in [0, 0.1) is 0 Å². The Morgan fingerprint density at radius 3 is 2.31 bits per heavy atom. The maximum absolute atomic E-state index is 13.5. The van der Waals surface area contributed by atoms with Crippen molar-refractivity contribution >= 4 is 27.7 Å². The summed E-state index contributed by atoms with van der Waals surface area (Å²) in [4.78, 5) is 12.1. The summed E-state index contributed by atoms with van der Waals surface area (Å²) in [7, 11) is 0. The number of amides is 1. The van der Waals surface area contributed by atoms with E-state index < -0.39 is 17.6 Å². The Morgan fingerprint density at radius 2 is 1.57 bits per heavy atom. The van der Waals surface area contributed by atoms with Crippen LogP contribution >= 0.6 is 0 Å². The van der Waals surface area contributed by atoms with Gasteiger partial charge in [0.15, 0.2) is 0 Å². The van der Waals surface area contributed by atoms with Crippen molar-refractivity contribution < 1.29 is 22.7 Å². The van der Waals surface area contributed by atoms with Gasteiger partial charge in [0.1, 0.15) is 12.4 Å². The first kappa shape index (κ1) is 22.5. The van der Waals surface area contributed by atoms with Gasteiger partial charge in [0.25, 0.3) is 0 Å². The van der Waals surface area contributed by atoms with E-state index in [1.807, 2.05) is 54.6 Å². The third-order valence-corrected chi connectivity index (χ3v) is 5.97. The number of carbonyl (C=O) groups is 1. The number of aromatic nitrogens is 1. The number of alkyl halides is 3. The fraction of sp³-hybridized carbons (Fsp3) is 0.107. The third-order valence-electron chi connectivity index (χ3n) is 5.97. The molecule has 0 aliphatic rings. The number of carbonyl (C=O) groups excluding carboxylic acids is 1. The zero-order valence-electron chi connectivity index (χ0n) is 18.5. The van der Waals surface area contributed by atoms with Crippen molar-refractivity contribution in [3.05, 3.63) is 113 Å². The van der Waals surface area contributed by atoms with Gasteiger partial charge in [-0.3, -0.25) is 4.79 Å². The Labute approximate surface area is 199 Å². The van der Waals surface area contributed by atoms with Crippen molar-refractivity contribution in [1.82, 2.24) is 4.57 Å². The minimum atomic E-state index is -4.49. The lowest BCUT2D eigenvalue weighted by atomic mass is 10.0. The van der Waals surface area contributed by atoms with Gasteiger partial charge in [0.2, 0.25) is 5.91 Å². The van der Waals surface area contributed by atoms with Crippen LogP contribution in [0.1, 0.15) is 27.0 Å². The van der Waals surface area contributed by atoms with E-state index in [0.29, 0.717) is 34.2 Å². The molecule has 4 aromatic carbocycles. The number of primary amides is 1. The molecule has 7 heteroatoms. The van der Waals surface area contributed by atoms with Gasteiger partial charge in [-0.1, -0.05) is 54.6 Å². The van der Waals surface area contributed by atoms with Crippen LogP contribution in [0.25, 0.3) is 21.8 Å². The first-order chi connectivity index (χ1) is 16.8.